The predicted octanol–water partition coefficient (Wildman–Crippen LogP) is 2.64. The van der Waals surface area contributed by atoms with E-state index >= 15 is 0 Å². The lowest BCUT2D eigenvalue weighted by Gasteiger charge is -2.21. The summed E-state index contributed by atoms with van der Waals surface area (Å²) in [6.07, 6.45) is 2.53. The van der Waals surface area contributed by atoms with Crippen LogP contribution in [0.15, 0.2) is 87.0 Å². The average molecular weight is 475 g/mol. The van der Waals surface area contributed by atoms with Gasteiger partial charge in [-0.15, -0.1) is 0 Å². The number of fused-ring (bicyclic) bond motifs is 1. The van der Waals surface area contributed by atoms with E-state index in [9.17, 15) is 14.4 Å². The third kappa shape index (κ3) is 5.96. The molecular weight excluding hydrogens is 444 g/mol. The van der Waals surface area contributed by atoms with Crippen molar-refractivity contribution >= 4 is 16.9 Å². The van der Waals surface area contributed by atoms with E-state index < -0.39 is 11.1 Å². The number of hydrogen-bond donors (Lipinski definition) is 1. The first-order chi connectivity index (χ1) is 17.1. The SMILES string of the molecule is CCn1c(=O)c(=O)n(CC(=O)NCCN(CCc2ccccc2)Cc2ccco2)c2ccccc21. The first kappa shape index (κ1) is 24.2. The van der Waals surface area contributed by atoms with Gasteiger partial charge in [-0.1, -0.05) is 42.5 Å². The summed E-state index contributed by atoms with van der Waals surface area (Å²) in [6, 6.07) is 21.2. The molecule has 0 spiro atoms. The van der Waals surface area contributed by atoms with Gasteiger partial charge in [-0.3, -0.25) is 23.9 Å². The standard InChI is InChI=1S/C27H30N4O4/c1-2-30-23-12-6-7-13-24(23)31(27(34)26(30)33)20-25(32)28-15-17-29(19-22-11-8-18-35-22)16-14-21-9-4-3-5-10-21/h3-13,18H,2,14-17,19-20H2,1H3,(H,28,32). The molecule has 4 rings (SSSR count). The van der Waals surface area contributed by atoms with Crippen molar-refractivity contribution in [1.82, 2.24) is 19.4 Å². The van der Waals surface area contributed by atoms with Crippen molar-refractivity contribution in [2.75, 3.05) is 19.6 Å². The zero-order valence-corrected chi connectivity index (χ0v) is 19.9. The molecule has 1 N–H and O–H groups in total. The summed E-state index contributed by atoms with van der Waals surface area (Å²) in [5.74, 6) is 0.547. The van der Waals surface area contributed by atoms with Crippen LogP contribution in [0.4, 0.5) is 0 Å². The molecule has 0 unspecified atom stereocenters. The molecule has 0 aliphatic heterocycles. The molecule has 0 bridgehead atoms. The highest BCUT2D eigenvalue weighted by molar-refractivity contribution is 5.80. The molecule has 1 amide bonds. The van der Waals surface area contributed by atoms with Crippen molar-refractivity contribution in [3.05, 3.63) is 105 Å². The van der Waals surface area contributed by atoms with Gasteiger partial charge in [-0.05, 0) is 43.2 Å². The maximum absolute atomic E-state index is 12.7. The van der Waals surface area contributed by atoms with E-state index in [1.807, 2.05) is 43.3 Å². The Kier molecular flexibility index (Phi) is 7.95. The highest BCUT2D eigenvalue weighted by Gasteiger charge is 2.15. The van der Waals surface area contributed by atoms with Crippen LogP contribution in [0.3, 0.4) is 0 Å². The molecule has 0 saturated heterocycles. The maximum Gasteiger partial charge on any atom is 0.317 e. The fourth-order valence-electron chi connectivity index (χ4n) is 4.22. The molecule has 35 heavy (non-hydrogen) atoms. The molecule has 0 aliphatic carbocycles. The fourth-order valence-corrected chi connectivity index (χ4v) is 4.22. The minimum absolute atomic E-state index is 0.207. The van der Waals surface area contributed by atoms with Crippen molar-refractivity contribution in [3.63, 3.8) is 0 Å². The van der Waals surface area contributed by atoms with Gasteiger partial charge in [0.2, 0.25) is 5.91 Å². The first-order valence-corrected chi connectivity index (χ1v) is 11.8. The van der Waals surface area contributed by atoms with Crippen LogP contribution in [-0.4, -0.2) is 39.6 Å². The van der Waals surface area contributed by atoms with Gasteiger partial charge in [0.25, 0.3) is 0 Å². The molecule has 4 aromatic rings. The minimum Gasteiger partial charge on any atom is -0.468 e. The summed E-state index contributed by atoms with van der Waals surface area (Å²) in [5, 5.41) is 2.90. The van der Waals surface area contributed by atoms with Gasteiger partial charge in [0.1, 0.15) is 12.3 Å². The first-order valence-electron chi connectivity index (χ1n) is 11.8. The molecule has 2 heterocycles. The van der Waals surface area contributed by atoms with E-state index in [1.165, 1.54) is 14.7 Å². The zero-order valence-electron chi connectivity index (χ0n) is 19.9. The van der Waals surface area contributed by atoms with Crippen molar-refractivity contribution in [1.29, 1.82) is 0 Å². The highest BCUT2D eigenvalue weighted by Crippen LogP contribution is 2.10. The van der Waals surface area contributed by atoms with Crippen LogP contribution in [0.5, 0.6) is 0 Å². The number of carbonyl (C=O) groups excluding carboxylic acids is 1. The number of nitrogens with zero attached hydrogens (tertiary/aromatic N) is 3. The molecular formula is C27H30N4O4. The topological polar surface area (TPSA) is 89.5 Å². The Bertz CT molecular complexity index is 1370. The number of carbonyl (C=O) groups is 1. The van der Waals surface area contributed by atoms with Gasteiger partial charge in [-0.25, -0.2) is 0 Å². The largest absolute Gasteiger partial charge is 0.468 e. The number of aromatic nitrogens is 2. The Labute approximate surface area is 203 Å². The molecule has 0 atom stereocenters. The van der Waals surface area contributed by atoms with Crippen LogP contribution < -0.4 is 16.4 Å². The quantitative estimate of drug-likeness (QED) is 0.338. The van der Waals surface area contributed by atoms with Gasteiger partial charge in [-0.2, -0.15) is 0 Å². The highest BCUT2D eigenvalue weighted by atomic mass is 16.3. The van der Waals surface area contributed by atoms with Crippen molar-refractivity contribution in [3.8, 4) is 0 Å². The Morgan fingerprint density at radius 3 is 2.26 bits per heavy atom. The summed E-state index contributed by atoms with van der Waals surface area (Å²) >= 11 is 0. The summed E-state index contributed by atoms with van der Waals surface area (Å²) in [6.45, 7) is 4.46. The number of hydrogen-bond acceptors (Lipinski definition) is 5. The van der Waals surface area contributed by atoms with Crippen LogP contribution in [-0.2, 0) is 30.8 Å². The van der Waals surface area contributed by atoms with Gasteiger partial charge >= 0.3 is 11.1 Å². The van der Waals surface area contributed by atoms with E-state index in [-0.39, 0.29) is 12.5 Å². The number of furan rings is 1. The second kappa shape index (κ2) is 11.5. The Hall–Kier alpha value is -3.91. The molecule has 182 valence electrons. The summed E-state index contributed by atoms with van der Waals surface area (Å²) in [4.78, 5) is 40.2. The Morgan fingerprint density at radius 2 is 1.57 bits per heavy atom. The van der Waals surface area contributed by atoms with Crippen LogP contribution >= 0.6 is 0 Å². The van der Waals surface area contributed by atoms with Gasteiger partial charge in [0, 0.05) is 26.2 Å². The molecule has 0 aliphatic rings. The molecule has 0 radical (unpaired) electrons. The molecule has 8 heteroatoms. The molecule has 0 saturated carbocycles. The third-order valence-corrected chi connectivity index (χ3v) is 6.02. The summed E-state index contributed by atoms with van der Waals surface area (Å²) < 4.78 is 8.20. The smallest absolute Gasteiger partial charge is 0.317 e. The Morgan fingerprint density at radius 1 is 0.886 bits per heavy atom. The van der Waals surface area contributed by atoms with Crippen LogP contribution in [0, 0.1) is 0 Å². The third-order valence-electron chi connectivity index (χ3n) is 6.02. The number of aryl methyl sites for hydroxylation is 1. The number of amides is 1. The van der Waals surface area contributed by atoms with Crippen molar-refractivity contribution in [2.45, 2.75) is 33.0 Å². The van der Waals surface area contributed by atoms with Crippen molar-refractivity contribution in [2.24, 2.45) is 0 Å². The van der Waals surface area contributed by atoms with E-state index in [1.54, 1.807) is 24.5 Å². The van der Waals surface area contributed by atoms with E-state index in [2.05, 4.69) is 22.3 Å². The van der Waals surface area contributed by atoms with E-state index in [0.29, 0.717) is 37.2 Å². The second-order valence-corrected chi connectivity index (χ2v) is 8.37. The van der Waals surface area contributed by atoms with E-state index in [0.717, 1.165) is 18.7 Å². The lowest BCUT2D eigenvalue weighted by Crippen LogP contribution is -2.44. The normalized spacial score (nSPS) is 11.3. The van der Waals surface area contributed by atoms with Gasteiger partial charge in [0.05, 0.1) is 23.8 Å². The van der Waals surface area contributed by atoms with Crippen LogP contribution in [0.25, 0.3) is 11.0 Å². The van der Waals surface area contributed by atoms with E-state index in [4.69, 9.17) is 4.42 Å². The van der Waals surface area contributed by atoms with Crippen molar-refractivity contribution < 1.29 is 9.21 Å². The Balaban J connectivity index is 1.40. The lowest BCUT2D eigenvalue weighted by molar-refractivity contribution is -0.121. The minimum atomic E-state index is -0.692. The van der Waals surface area contributed by atoms with Gasteiger partial charge < -0.3 is 14.3 Å². The maximum atomic E-state index is 12.7. The van der Waals surface area contributed by atoms with Gasteiger partial charge in [0.15, 0.2) is 0 Å². The molecule has 0 fully saturated rings. The summed E-state index contributed by atoms with van der Waals surface area (Å²) in [7, 11) is 0. The molecule has 2 aromatic heterocycles. The number of para-hydroxylation sites is 2. The van der Waals surface area contributed by atoms with Crippen LogP contribution in [0.1, 0.15) is 18.2 Å². The second-order valence-electron chi connectivity index (χ2n) is 8.37. The number of rotatable bonds is 11. The predicted molar refractivity (Wildman–Crippen MR) is 135 cm³/mol. The molecule has 2 aromatic carbocycles. The zero-order chi connectivity index (χ0) is 24.6. The number of benzene rings is 2. The number of nitrogens with one attached hydrogen (secondary N) is 1. The summed E-state index contributed by atoms with van der Waals surface area (Å²) in [5.41, 5.74) is 1.14. The monoisotopic (exact) mass is 474 g/mol. The lowest BCUT2D eigenvalue weighted by atomic mass is 10.1. The average Bonchev–Trinajstić information content (AvgIpc) is 3.39. The fraction of sp³-hybridized carbons (Fsp3) is 0.296. The molecule has 8 nitrogen and oxygen atoms in total. The van der Waals surface area contributed by atoms with Crippen LogP contribution in [0.2, 0.25) is 0 Å².